The molecule has 0 radical (unpaired) electrons. The molecule has 0 bridgehead atoms. The molecule has 3 aromatic rings. The zero-order valence-electron chi connectivity index (χ0n) is 18.1. The van der Waals surface area contributed by atoms with Crippen molar-refractivity contribution in [3.8, 4) is 11.1 Å². The van der Waals surface area contributed by atoms with E-state index in [2.05, 4.69) is 5.32 Å². The molecule has 2 aromatic carbocycles. The highest BCUT2D eigenvalue weighted by molar-refractivity contribution is 5.87. The van der Waals surface area contributed by atoms with Gasteiger partial charge in [-0.3, -0.25) is 10.1 Å². The lowest BCUT2D eigenvalue weighted by molar-refractivity contribution is 0.0635. The molecule has 1 heterocycles. The van der Waals surface area contributed by atoms with Crippen molar-refractivity contribution in [3.63, 3.8) is 0 Å². The van der Waals surface area contributed by atoms with Crippen LogP contribution in [0.1, 0.15) is 51.9 Å². The van der Waals surface area contributed by atoms with E-state index in [1.807, 2.05) is 32.9 Å². The smallest absolute Gasteiger partial charge is 0.412 e. The topological polar surface area (TPSA) is 68.5 Å². The average Bonchev–Trinajstić information content (AvgIpc) is 2.61. The number of benzene rings is 2. The monoisotopic (exact) mass is 411 g/mol. The molecule has 0 saturated carbocycles. The third-order valence-corrected chi connectivity index (χ3v) is 4.49. The van der Waals surface area contributed by atoms with E-state index in [0.717, 1.165) is 5.56 Å². The van der Waals surface area contributed by atoms with Gasteiger partial charge in [-0.05, 0) is 63.1 Å². The minimum absolute atomic E-state index is 0.0279. The first-order valence-electron chi connectivity index (χ1n) is 9.83. The predicted octanol–water partition coefficient (Wildman–Crippen LogP) is 6.38. The summed E-state index contributed by atoms with van der Waals surface area (Å²) in [5.41, 5.74) is 1.26. The summed E-state index contributed by atoms with van der Waals surface area (Å²) in [5.74, 6) is -0.262. The van der Waals surface area contributed by atoms with Gasteiger partial charge in [-0.15, -0.1) is 0 Å². The number of hydrogen-bond acceptors (Lipinski definition) is 4. The summed E-state index contributed by atoms with van der Waals surface area (Å²) < 4.78 is 26.0. The number of anilines is 1. The molecule has 0 aliphatic rings. The number of rotatable bonds is 3. The minimum atomic E-state index is -0.752. The molecule has 0 aliphatic heterocycles. The number of fused-ring (bicyclic) bond motifs is 1. The first-order valence-corrected chi connectivity index (χ1v) is 9.83. The molecule has 1 aromatic heterocycles. The maximum absolute atomic E-state index is 14.8. The summed E-state index contributed by atoms with van der Waals surface area (Å²) in [5, 5.41) is 2.84. The van der Waals surface area contributed by atoms with Crippen molar-refractivity contribution in [1.29, 1.82) is 0 Å². The zero-order chi connectivity index (χ0) is 22.2. The Morgan fingerprint density at radius 3 is 2.43 bits per heavy atom. The Morgan fingerprint density at radius 2 is 1.83 bits per heavy atom. The lowest BCUT2D eigenvalue weighted by Gasteiger charge is -2.20. The molecule has 3 rings (SSSR count). The van der Waals surface area contributed by atoms with E-state index in [1.165, 1.54) is 12.1 Å². The van der Waals surface area contributed by atoms with Crippen molar-refractivity contribution in [2.24, 2.45) is 0 Å². The van der Waals surface area contributed by atoms with E-state index in [0.29, 0.717) is 27.9 Å². The second-order valence-electron chi connectivity index (χ2n) is 8.65. The van der Waals surface area contributed by atoms with Crippen LogP contribution in [0.4, 0.5) is 14.9 Å². The number of aryl methyl sites for hydroxylation is 1. The van der Waals surface area contributed by atoms with Crippen LogP contribution in [-0.2, 0) is 4.74 Å². The summed E-state index contributed by atoms with van der Waals surface area (Å²) >= 11 is 0. The van der Waals surface area contributed by atoms with Gasteiger partial charge in [0.15, 0.2) is 0 Å². The van der Waals surface area contributed by atoms with Crippen molar-refractivity contribution >= 4 is 22.7 Å². The number of carbonyl (C=O) groups excluding carboxylic acids is 1. The Labute approximate surface area is 174 Å². The molecular weight excluding hydrogens is 385 g/mol. The van der Waals surface area contributed by atoms with Gasteiger partial charge in [-0.1, -0.05) is 26.0 Å². The molecule has 6 heteroatoms. The van der Waals surface area contributed by atoms with Crippen LogP contribution < -0.4 is 10.7 Å². The fraction of sp³-hybridized carbons (Fsp3) is 0.333. The number of hydrogen-bond donors (Lipinski definition) is 1. The van der Waals surface area contributed by atoms with Crippen LogP contribution in [0, 0.1) is 12.7 Å². The van der Waals surface area contributed by atoms with Gasteiger partial charge in [-0.2, -0.15) is 0 Å². The molecular formula is C24H26FNO4. The molecule has 1 N–H and O–H groups in total. The molecule has 1 amide bonds. The largest absolute Gasteiger partial charge is 0.460 e. The lowest BCUT2D eigenvalue weighted by Crippen LogP contribution is -2.27. The van der Waals surface area contributed by atoms with E-state index in [-0.39, 0.29) is 17.0 Å². The van der Waals surface area contributed by atoms with Crippen molar-refractivity contribution < 1.29 is 18.3 Å². The Kier molecular flexibility index (Phi) is 5.70. The fourth-order valence-corrected chi connectivity index (χ4v) is 3.18. The van der Waals surface area contributed by atoms with Crippen molar-refractivity contribution in [1.82, 2.24) is 0 Å². The van der Waals surface area contributed by atoms with Crippen molar-refractivity contribution in [3.05, 3.63) is 63.8 Å². The maximum Gasteiger partial charge on any atom is 0.412 e. The summed E-state index contributed by atoms with van der Waals surface area (Å²) in [6.45, 7) is 10.9. The Morgan fingerprint density at radius 1 is 1.13 bits per heavy atom. The molecule has 30 heavy (non-hydrogen) atoms. The van der Waals surface area contributed by atoms with E-state index >= 15 is 0 Å². The summed E-state index contributed by atoms with van der Waals surface area (Å²) in [6, 6.07) is 9.61. The highest BCUT2D eigenvalue weighted by atomic mass is 19.1. The number of nitrogens with one attached hydrogen (secondary N) is 1. The SMILES string of the molecule is Cc1ccc2c(=O)c(-c3ccc(NC(=O)OC(C)(C)C)c(F)c3)c(C(C)C)oc2c1. The first-order chi connectivity index (χ1) is 14.0. The van der Waals surface area contributed by atoms with Crippen LogP contribution >= 0.6 is 0 Å². The van der Waals surface area contributed by atoms with Gasteiger partial charge in [0.1, 0.15) is 22.8 Å². The summed E-state index contributed by atoms with van der Waals surface area (Å²) in [6.07, 6.45) is -0.752. The Balaban J connectivity index is 2.07. The fourth-order valence-electron chi connectivity index (χ4n) is 3.18. The van der Waals surface area contributed by atoms with Crippen LogP contribution in [-0.4, -0.2) is 11.7 Å². The third kappa shape index (κ3) is 4.53. The van der Waals surface area contributed by atoms with E-state index in [4.69, 9.17) is 9.15 Å². The van der Waals surface area contributed by atoms with Gasteiger partial charge in [0.05, 0.1) is 16.6 Å². The molecule has 0 saturated heterocycles. The van der Waals surface area contributed by atoms with Gasteiger partial charge in [0, 0.05) is 5.92 Å². The van der Waals surface area contributed by atoms with Crippen molar-refractivity contribution in [2.75, 3.05) is 5.32 Å². The van der Waals surface area contributed by atoms with Gasteiger partial charge in [0.25, 0.3) is 0 Å². The van der Waals surface area contributed by atoms with E-state index < -0.39 is 17.5 Å². The Bertz CT molecular complexity index is 1170. The number of amides is 1. The van der Waals surface area contributed by atoms with Crippen LogP contribution in [0.25, 0.3) is 22.1 Å². The standard InChI is InChI=1S/C24H26FNO4/c1-13(2)22-20(21(27)16-9-7-14(3)11-19(16)29-22)15-8-10-18(17(25)12-15)26-23(28)30-24(4,5)6/h7-13H,1-6H3,(H,26,28). The van der Waals surface area contributed by atoms with Gasteiger partial charge >= 0.3 is 6.09 Å². The number of ether oxygens (including phenoxy) is 1. The second kappa shape index (κ2) is 7.94. The van der Waals surface area contributed by atoms with Crippen LogP contribution in [0.2, 0.25) is 0 Å². The van der Waals surface area contributed by atoms with Crippen LogP contribution in [0.5, 0.6) is 0 Å². The highest BCUT2D eigenvalue weighted by Gasteiger charge is 2.21. The molecule has 0 aliphatic carbocycles. The van der Waals surface area contributed by atoms with Gasteiger partial charge < -0.3 is 9.15 Å². The van der Waals surface area contributed by atoms with Crippen molar-refractivity contribution in [2.45, 2.75) is 53.1 Å². The molecule has 158 valence electrons. The summed E-state index contributed by atoms with van der Waals surface area (Å²) in [7, 11) is 0. The third-order valence-electron chi connectivity index (χ3n) is 4.49. The van der Waals surface area contributed by atoms with E-state index in [9.17, 15) is 14.0 Å². The quantitative estimate of drug-likeness (QED) is 0.543. The summed E-state index contributed by atoms with van der Waals surface area (Å²) in [4.78, 5) is 25.2. The second-order valence-corrected chi connectivity index (χ2v) is 8.65. The average molecular weight is 411 g/mol. The minimum Gasteiger partial charge on any atom is -0.460 e. The Hall–Kier alpha value is -3.15. The van der Waals surface area contributed by atoms with E-state index in [1.54, 1.807) is 32.9 Å². The number of halogens is 1. The number of carbonyl (C=O) groups is 1. The lowest BCUT2D eigenvalue weighted by atomic mass is 9.96. The van der Waals surface area contributed by atoms with Crippen LogP contribution in [0.15, 0.2) is 45.6 Å². The first kappa shape index (κ1) is 21.6. The molecule has 5 nitrogen and oxygen atoms in total. The molecule has 0 fully saturated rings. The van der Waals surface area contributed by atoms with Crippen LogP contribution in [0.3, 0.4) is 0 Å². The molecule has 0 unspecified atom stereocenters. The molecule has 0 atom stereocenters. The van der Waals surface area contributed by atoms with Gasteiger partial charge in [-0.25, -0.2) is 9.18 Å². The predicted molar refractivity (Wildman–Crippen MR) is 117 cm³/mol. The zero-order valence-corrected chi connectivity index (χ0v) is 18.1. The highest BCUT2D eigenvalue weighted by Crippen LogP contribution is 2.32. The maximum atomic E-state index is 14.8. The molecule has 0 spiro atoms. The van der Waals surface area contributed by atoms with Gasteiger partial charge in [0.2, 0.25) is 5.43 Å². The normalized spacial score (nSPS) is 11.7.